The van der Waals surface area contributed by atoms with Crippen molar-refractivity contribution in [1.82, 2.24) is 10.2 Å². The van der Waals surface area contributed by atoms with Crippen LogP contribution < -0.4 is 15.0 Å². The fourth-order valence-electron chi connectivity index (χ4n) is 5.29. The van der Waals surface area contributed by atoms with E-state index in [0.717, 1.165) is 71.8 Å². The van der Waals surface area contributed by atoms with Gasteiger partial charge in [0.1, 0.15) is 34.0 Å². The molecule has 240 valence electrons. The number of fused-ring (bicyclic) bond motifs is 1. The maximum absolute atomic E-state index is 13.6. The van der Waals surface area contributed by atoms with Gasteiger partial charge in [0.25, 0.3) is 5.91 Å². The molecule has 1 amide bonds. The molecular formula is C36H40N4O4S2. The second kappa shape index (κ2) is 16.4. The third-order valence-electron chi connectivity index (χ3n) is 7.60. The van der Waals surface area contributed by atoms with E-state index in [-0.39, 0.29) is 5.91 Å². The predicted molar refractivity (Wildman–Crippen MR) is 189 cm³/mol. The van der Waals surface area contributed by atoms with Crippen LogP contribution in [0.4, 0.5) is 11.4 Å². The van der Waals surface area contributed by atoms with Crippen LogP contribution in [0.3, 0.4) is 0 Å². The summed E-state index contributed by atoms with van der Waals surface area (Å²) in [5.74, 6) is 1.15. The molecule has 10 heteroatoms. The zero-order chi connectivity index (χ0) is 32.3. The molecule has 4 aromatic rings. The number of rotatable bonds is 14. The summed E-state index contributed by atoms with van der Waals surface area (Å²) < 4.78 is 23.2. The van der Waals surface area contributed by atoms with Crippen LogP contribution in [0.2, 0.25) is 0 Å². The van der Waals surface area contributed by atoms with Crippen LogP contribution in [0.25, 0.3) is 17.2 Å². The van der Waals surface area contributed by atoms with Crippen molar-refractivity contribution in [3.63, 3.8) is 0 Å². The highest BCUT2D eigenvalue weighted by Crippen LogP contribution is 2.34. The molecule has 0 saturated carbocycles. The highest BCUT2D eigenvalue weighted by atomic mass is 32.1. The second-order valence-corrected chi connectivity index (χ2v) is 13.0. The van der Waals surface area contributed by atoms with Gasteiger partial charge < -0.3 is 19.7 Å². The average Bonchev–Trinajstić information content (AvgIpc) is 3.53. The van der Waals surface area contributed by atoms with E-state index >= 15 is 0 Å². The first-order chi connectivity index (χ1) is 22.4. The van der Waals surface area contributed by atoms with Crippen molar-refractivity contribution in [2.24, 2.45) is 5.92 Å². The van der Waals surface area contributed by atoms with Gasteiger partial charge in [-0.3, -0.25) is 4.79 Å². The van der Waals surface area contributed by atoms with Crippen LogP contribution in [0.15, 0.2) is 77.8 Å². The number of ether oxygens (including phenoxy) is 2. The van der Waals surface area contributed by atoms with E-state index in [0.29, 0.717) is 52.4 Å². The molecule has 3 aromatic carbocycles. The molecule has 0 radical (unpaired) electrons. The van der Waals surface area contributed by atoms with Crippen molar-refractivity contribution in [1.29, 1.82) is 0 Å². The number of carbonyl (C=O) groups is 1. The zero-order valence-corrected chi connectivity index (χ0v) is 28.2. The molecule has 0 fully saturated rings. The Balaban J connectivity index is 1.32. The minimum Gasteiger partial charge on any atom is -0.491 e. The Labute approximate surface area is 278 Å². The minimum absolute atomic E-state index is 0.137. The second-order valence-electron chi connectivity index (χ2n) is 11.6. The summed E-state index contributed by atoms with van der Waals surface area (Å²) in [4.78, 5) is 16.5. The number of aromatic nitrogens is 2. The van der Waals surface area contributed by atoms with Gasteiger partial charge in [-0.25, -0.2) is 4.21 Å². The molecule has 8 nitrogen and oxygen atoms in total. The van der Waals surface area contributed by atoms with Crippen molar-refractivity contribution in [2.45, 2.75) is 40.0 Å². The molecule has 1 N–H and O–H groups in total. The molecule has 0 atom stereocenters. The Hall–Kier alpha value is -4.12. The lowest BCUT2D eigenvalue weighted by Crippen LogP contribution is -2.29. The first-order valence-electron chi connectivity index (χ1n) is 15.7. The van der Waals surface area contributed by atoms with Gasteiger partial charge in [0.05, 0.1) is 6.61 Å². The number of benzene rings is 3. The van der Waals surface area contributed by atoms with Gasteiger partial charge in [-0.15, -0.1) is 10.2 Å². The lowest BCUT2D eigenvalue weighted by atomic mass is 10.00. The fourth-order valence-corrected chi connectivity index (χ4v) is 6.39. The third kappa shape index (κ3) is 8.78. The Morgan fingerprint density at radius 3 is 2.50 bits per heavy atom. The molecule has 0 saturated heterocycles. The predicted octanol–water partition coefficient (Wildman–Crippen LogP) is 7.07. The topological polar surface area (TPSA) is 93.6 Å². The number of hydrogen-bond acceptors (Lipinski definition) is 8. The molecule has 5 rings (SSSR count). The summed E-state index contributed by atoms with van der Waals surface area (Å²) in [5.41, 5.74) is 8.02. The van der Waals surface area contributed by atoms with Crippen molar-refractivity contribution in [3.8, 4) is 16.9 Å². The number of amides is 1. The Kier molecular flexibility index (Phi) is 11.9. The summed E-state index contributed by atoms with van der Waals surface area (Å²) in [6.07, 6.45) is 4.83. The quantitative estimate of drug-likeness (QED) is 0.0882. The average molecular weight is 657 g/mol. The monoisotopic (exact) mass is 656 g/mol. The third-order valence-corrected chi connectivity index (χ3v) is 9.03. The van der Waals surface area contributed by atoms with Crippen molar-refractivity contribution in [2.75, 3.05) is 43.1 Å². The number of nitrogens with one attached hydrogen (secondary N) is 1. The maximum Gasteiger partial charge on any atom is 0.251 e. The molecule has 0 aliphatic carbocycles. The molecule has 1 aliphatic rings. The molecule has 46 heavy (non-hydrogen) atoms. The minimum atomic E-state index is -0.137. The lowest BCUT2D eigenvalue weighted by Gasteiger charge is -2.27. The Morgan fingerprint density at radius 1 is 1.02 bits per heavy atom. The van der Waals surface area contributed by atoms with Crippen LogP contribution in [0, 0.1) is 5.92 Å². The fraction of sp³-hybridized carbons (Fsp3) is 0.333. The van der Waals surface area contributed by atoms with E-state index in [4.69, 9.17) is 9.47 Å². The van der Waals surface area contributed by atoms with E-state index in [1.165, 1.54) is 11.3 Å². The smallest absolute Gasteiger partial charge is 0.251 e. The summed E-state index contributed by atoms with van der Waals surface area (Å²) in [5, 5.41) is 11.5. The highest BCUT2D eigenvalue weighted by molar-refractivity contribution is 7.68. The Bertz CT molecular complexity index is 1680. The number of nitrogens with zero attached hydrogens (tertiary/aromatic N) is 3. The molecule has 1 aromatic heterocycles. The van der Waals surface area contributed by atoms with Crippen LogP contribution in [0.1, 0.15) is 56.2 Å². The largest absolute Gasteiger partial charge is 0.491 e. The van der Waals surface area contributed by atoms with Crippen molar-refractivity contribution in [3.05, 3.63) is 93.9 Å². The van der Waals surface area contributed by atoms with Gasteiger partial charge in [-0.2, -0.15) is 0 Å². The molecule has 0 unspecified atom stereocenters. The molecule has 0 bridgehead atoms. The zero-order valence-electron chi connectivity index (χ0n) is 26.5. The van der Waals surface area contributed by atoms with Gasteiger partial charge >= 0.3 is 0 Å². The number of carbonyl (C=O) groups excluding carboxylic acids is 1. The van der Waals surface area contributed by atoms with Gasteiger partial charge in [-0.1, -0.05) is 68.9 Å². The maximum atomic E-state index is 13.6. The van der Waals surface area contributed by atoms with Gasteiger partial charge in [0.15, 0.2) is 5.01 Å². The van der Waals surface area contributed by atoms with Crippen LogP contribution in [-0.2, 0) is 20.8 Å². The van der Waals surface area contributed by atoms with Gasteiger partial charge in [-0.05, 0) is 83.5 Å². The molecule has 1 aliphatic heterocycles. The van der Waals surface area contributed by atoms with Crippen molar-refractivity contribution >= 4 is 50.8 Å². The van der Waals surface area contributed by atoms with Crippen LogP contribution in [0.5, 0.6) is 5.75 Å². The van der Waals surface area contributed by atoms with Crippen LogP contribution >= 0.6 is 11.3 Å². The summed E-state index contributed by atoms with van der Waals surface area (Å²) in [7, 11) is 0. The normalized spacial score (nSPS) is 12.7. The highest BCUT2D eigenvalue weighted by Gasteiger charge is 2.21. The number of hydrogen-bond donors (Lipinski definition) is 1. The Morgan fingerprint density at radius 2 is 1.80 bits per heavy atom. The van der Waals surface area contributed by atoms with E-state index in [9.17, 15) is 9.00 Å². The summed E-state index contributed by atoms with van der Waals surface area (Å²) >= 11 is 1.71. The summed E-state index contributed by atoms with van der Waals surface area (Å²) in [6, 6.07) is 21.9. The first-order valence-corrected chi connectivity index (χ1v) is 17.3. The van der Waals surface area contributed by atoms with E-state index in [1.54, 1.807) is 5.51 Å². The van der Waals surface area contributed by atoms with Crippen molar-refractivity contribution < 1.29 is 18.5 Å². The van der Waals surface area contributed by atoms with Crippen LogP contribution in [-0.4, -0.2) is 58.1 Å². The van der Waals surface area contributed by atoms with Gasteiger partial charge in [0, 0.05) is 36.6 Å². The molecular weight excluding hydrogens is 617 g/mol. The first kappa shape index (κ1) is 33.2. The van der Waals surface area contributed by atoms with E-state index in [2.05, 4.69) is 71.5 Å². The standard InChI is InChI=1S/C36H40N4O4S2/c1-4-5-18-43-19-20-44-32-13-8-26(9-14-32)28-10-15-33-30(21-28)22-29(16-17-40(33)23-25(2)3)35(41)38-31-11-6-27(7-12-31)34(46-42)36-39-37-24-45-36/h6-15,21-22,24-25H,4-5,16-20,23H2,1-3H3,(H,38,41). The molecule has 2 heterocycles. The van der Waals surface area contributed by atoms with E-state index in [1.807, 2.05) is 42.5 Å². The van der Waals surface area contributed by atoms with Gasteiger partial charge in [0.2, 0.25) is 0 Å². The van der Waals surface area contributed by atoms with E-state index < -0.39 is 0 Å². The number of unbranched alkanes of at least 4 members (excludes halogenated alkanes) is 1. The SMILES string of the molecule is CCCCOCCOc1ccc(-c2ccc3c(c2)C=C(C(=O)Nc2ccc(C(=S=O)c4nncs4)cc2)CCN3CC(C)C)cc1. The summed E-state index contributed by atoms with van der Waals surface area (Å²) in [6.45, 7) is 10.1. The lowest BCUT2D eigenvalue weighted by molar-refractivity contribution is -0.112. The number of anilines is 2. The molecule has 0 spiro atoms.